The molecular formula is C19H33NO3. The zero-order valence-electron chi connectivity index (χ0n) is 14.3. The Kier molecular flexibility index (Phi) is 14.5. The minimum atomic E-state index is -0.661. The zero-order chi connectivity index (χ0) is 15.9. The Bertz CT molecular complexity index is 381. The van der Waals surface area contributed by atoms with Crippen LogP contribution in [-0.2, 0) is 11.3 Å². The molecule has 0 aromatic carbocycles. The molecule has 4 heteroatoms. The maximum atomic E-state index is 10.4. The van der Waals surface area contributed by atoms with Gasteiger partial charge in [0.25, 0.3) is 0 Å². The van der Waals surface area contributed by atoms with E-state index in [1.54, 1.807) is 0 Å². The van der Waals surface area contributed by atoms with E-state index in [2.05, 4.69) is 35.2 Å². The first kappa shape index (κ1) is 21.6. The molecule has 0 aliphatic rings. The quantitative estimate of drug-likeness (QED) is 0.403. The van der Waals surface area contributed by atoms with Gasteiger partial charge in [0, 0.05) is 25.0 Å². The highest BCUT2D eigenvalue weighted by molar-refractivity contribution is 5.66. The molecule has 0 saturated carbocycles. The highest BCUT2D eigenvalue weighted by Crippen LogP contribution is 2.11. The van der Waals surface area contributed by atoms with Crippen molar-refractivity contribution in [2.45, 2.75) is 83.6 Å². The fraction of sp³-hybridized carbons (Fsp3) is 0.684. The second-order valence-electron chi connectivity index (χ2n) is 6.15. The molecule has 0 aliphatic carbocycles. The Balaban J connectivity index is 0.00000484. The van der Waals surface area contributed by atoms with Crippen molar-refractivity contribution in [1.82, 2.24) is 0 Å². The van der Waals surface area contributed by atoms with Crippen molar-refractivity contribution in [3.63, 3.8) is 0 Å². The van der Waals surface area contributed by atoms with E-state index in [-0.39, 0.29) is 5.48 Å². The number of carbonyl (C=O) groups is 1. The van der Waals surface area contributed by atoms with Crippen LogP contribution in [0.25, 0.3) is 0 Å². The van der Waals surface area contributed by atoms with Crippen molar-refractivity contribution in [3.05, 3.63) is 30.6 Å². The lowest BCUT2D eigenvalue weighted by Crippen LogP contribution is -2.32. The van der Waals surface area contributed by atoms with E-state index in [1.165, 1.54) is 57.8 Å². The summed E-state index contributed by atoms with van der Waals surface area (Å²) in [6.45, 7) is 1.14. The van der Waals surface area contributed by atoms with Crippen molar-refractivity contribution in [1.29, 1.82) is 0 Å². The summed E-state index contributed by atoms with van der Waals surface area (Å²) in [5.41, 5.74) is 0. The third-order valence-corrected chi connectivity index (χ3v) is 4.08. The van der Waals surface area contributed by atoms with Gasteiger partial charge < -0.3 is 10.6 Å². The van der Waals surface area contributed by atoms with Gasteiger partial charge in [0.15, 0.2) is 12.4 Å². The molecule has 132 valence electrons. The lowest BCUT2D eigenvalue weighted by molar-refractivity contribution is -0.697. The van der Waals surface area contributed by atoms with Crippen LogP contribution in [0.2, 0.25) is 0 Å². The van der Waals surface area contributed by atoms with Crippen LogP contribution in [0.1, 0.15) is 77.0 Å². The molecule has 0 fully saturated rings. The molecule has 1 aromatic heterocycles. The van der Waals surface area contributed by atoms with Crippen LogP contribution < -0.4 is 4.57 Å². The second kappa shape index (κ2) is 15.5. The number of aryl methyl sites for hydroxylation is 1. The van der Waals surface area contributed by atoms with Crippen LogP contribution in [0.5, 0.6) is 0 Å². The molecule has 1 rings (SSSR count). The molecular weight excluding hydrogens is 290 g/mol. The van der Waals surface area contributed by atoms with Gasteiger partial charge in [-0.3, -0.25) is 4.79 Å². The number of unbranched alkanes of at least 4 members (excludes halogenated alkanes) is 10. The maximum Gasteiger partial charge on any atom is 0.303 e. The number of pyridine rings is 1. The van der Waals surface area contributed by atoms with Gasteiger partial charge in [0.2, 0.25) is 0 Å². The minimum absolute atomic E-state index is 0. The first-order chi connectivity index (χ1) is 10.8. The Labute approximate surface area is 140 Å². The Morgan fingerprint density at radius 3 is 1.61 bits per heavy atom. The number of carboxylic acids is 1. The standard InChI is InChI=1S/C19H31NO2.H2O/c21-19(22)15-11-8-6-4-2-1-3-5-7-9-12-16-20-17-13-10-14-18-20;/h10,13-14,17-18H,1-9,11-12,15-16H2;1H2. The van der Waals surface area contributed by atoms with Crippen molar-refractivity contribution in [2.24, 2.45) is 0 Å². The molecule has 0 bridgehead atoms. The fourth-order valence-corrected chi connectivity index (χ4v) is 2.74. The van der Waals surface area contributed by atoms with E-state index in [0.717, 1.165) is 19.4 Å². The van der Waals surface area contributed by atoms with Crippen molar-refractivity contribution < 1.29 is 19.9 Å². The SMILES string of the molecule is O=C(O)CCCCCCCCCCCCC[n+]1ccccc1.[OH-]. The van der Waals surface area contributed by atoms with E-state index in [0.29, 0.717) is 6.42 Å². The van der Waals surface area contributed by atoms with Crippen molar-refractivity contribution in [3.8, 4) is 0 Å². The topological polar surface area (TPSA) is 71.2 Å². The monoisotopic (exact) mass is 323 g/mol. The molecule has 1 aromatic rings. The first-order valence-corrected chi connectivity index (χ1v) is 8.95. The molecule has 0 atom stereocenters. The third kappa shape index (κ3) is 13.9. The highest BCUT2D eigenvalue weighted by Gasteiger charge is 1.98. The van der Waals surface area contributed by atoms with Gasteiger partial charge in [-0.2, -0.15) is 0 Å². The van der Waals surface area contributed by atoms with E-state index in [1.807, 2.05) is 0 Å². The Morgan fingerprint density at radius 2 is 1.13 bits per heavy atom. The average Bonchev–Trinajstić information content (AvgIpc) is 2.52. The number of rotatable bonds is 14. The lowest BCUT2D eigenvalue weighted by Gasteiger charge is -2.02. The molecule has 0 amide bonds. The Hall–Kier alpha value is -1.42. The maximum absolute atomic E-state index is 10.4. The van der Waals surface area contributed by atoms with Gasteiger partial charge in [0.1, 0.15) is 6.54 Å². The highest BCUT2D eigenvalue weighted by atomic mass is 16.4. The summed E-state index contributed by atoms with van der Waals surface area (Å²) in [4.78, 5) is 10.4. The van der Waals surface area contributed by atoms with E-state index >= 15 is 0 Å². The van der Waals surface area contributed by atoms with Crippen LogP contribution in [0.3, 0.4) is 0 Å². The van der Waals surface area contributed by atoms with Gasteiger partial charge in [-0.25, -0.2) is 4.57 Å². The number of nitrogens with zero attached hydrogens (tertiary/aromatic N) is 1. The van der Waals surface area contributed by atoms with Gasteiger partial charge in [0.05, 0.1) is 0 Å². The number of hydrogen-bond acceptors (Lipinski definition) is 2. The van der Waals surface area contributed by atoms with Crippen LogP contribution >= 0.6 is 0 Å². The summed E-state index contributed by atoms with van der Waals surface area (Å²) < 4.78 is 2.25. The van der Waals surface area contributed by atoms with Crippen LogP contribution in [-0.4, -0.2) is 16.6 Å². The third-order valence-electron chi connectivity index (χ3n) is 4.08. The predicted octanol–water partition coefficient (Wildman–Crippen LogP) is 4.56. The number of aliphatic carboxylic acids is 1. The molecule has 0 radical (unpaired) electrons. The first-order valence-electron chi connectivity index (χ1n) is 8.95. The van der Waals surface area contributed by atoms with E-state index in [4.69, 9.17) is 5.11 Å². The summed E-state index contributed by atoms with van der Waals surface area (Å²) in [5, 5.41) is 8.54. The molecule has 23 heavy (non-hydrogen) atoms. The summed E-state index contributed by atoms with van der Waals surface area (Å²) >= 11 is 0. The molecule has 0 aliphatic heterocycles. The average molecular weight is 323 g/mol. The minimum Gasteiger partial charge on any atom is -0.870 e. The van der Waals surface area contributed by atoms with Gasteiger partial charge in [-0.15, -0.1) is 0 Å². The van der Waals surface area contributed by atoms with Gasteiger partial charge in [-0.05, 0) is 12.8 Å². The van der Waals surface area contributed by atoms with Crippen molar-refractivity contribution >= 4 is 5.97 Å². The number of hydrogen-bond donors (Lipinski definition) is 1. The Morgan fingerprint density at radius 1 is 0.696 bits per heavy atom. The molecule has 0 saturated heterocycles. The lowest BCUT2D eigenvalue weighted by atomic mass is 10.1. The fourth-order valence-electron chi connectivity index (χ4n) is 2.74. The van der Waals surface area contributed by atoms with Gasteiger partial charge >= 0.3 is 5.97 Å². The molecule has 4 nitrogen and oxygen atoms in total. The number of carboxylic acid groups (broad SMARTS) is 1. The zero-order valence-corrected chi connectivity index (χ0v) is 14.3. The summed E-state index contributed by atoms with van der Waals surface area (Å²) in [7, 11) is 0. The van der Waals surface area contributed by atoms with Crippen molar-refractivity contribution in [2.75, 3.05) is 0 Å². The van der Waals surface area contributed by atoms with Crippen LogP contribution in [0, 0.1) is 0 Å². The molecule has 2 N–H and O–H groups in total. The summed E-state index contributed by atoms with van der Waals surface area (Å²) in [5.74, 6) is -0.661. The smallest absolute Gasteiger partial charge is 0.303 e. The van der Waals surface area contributed by atoms with Gasteiger partial charge in [-0.1, -0.05) is 57.4 Å². The van der Waals surface area contributed by atoms with E-state index < -0.39 is 5.97 Å². The van der Waals surface area contributed by atoms with E-state index in [9.17, 15) is 4.79 Å². The van der Waals surface area contributed by atoms with Crippen LogP contribution in [0.15, 0.2) is 30.6 Å². The second-order valence-corrected chi connectivity index (χ2v) is 6.15. The summed E-state index contributed by atoms with van der Waals surface area (Å²) in [6.07, 6.45) is 18.3. The molecule has 0 unspecified atom stereocenters. The summed E-state index contributed by atoms with van der Waals surface area (Å²) in [6, 6.07) is 6.23. The molecule has 0 spiro atoms. The molecule has 1 heterocycles. The normalized spacial score (nSPS) is 10.3. The van der Waals surface area contributed by atoms with Crippen LogP contribution in [0.4, 0.5) is 0 Å². The number of aromatic nitrogens is 1. The largest absolute Gasteiger partial charge is 0.870 e. The predicted molar refractivity (Wildman–Crippen MR) is 91.6 cm³/mol.